The normalized spacial score (nSPS) is 24.9. The van der Waals surface area contributed by atoms with E-state index >= 15 is 0 Å². The highest BCUT2D eigenvalue weighted by atomic mass is 16.5. The van der Waals surface area contributed by atoms with E-state index in [2.05, 4.69) is 6.08 Å². The Hall–Kier alpha value is -1.52. The number of hydrogen-bond acceptors (Lipinski definition) is 3. The molecule has 0 aromatic heterocycles. The van der Waals surface area contributed by atoms with Crippen molar-refractivity contribution in [2.75, 3.05) is 0 Å². The molecule has 0 spiro atoms. The van der Waals surface area contributed by atoms with Crippen LogP contribution >= 0.6 is 0 Å². The molecule has 80 valence electrons. The van der Waals surface area contributed by atoms with Crippen LogP contribution in [0.4, 0.5) is 0 Å². The van der Waals surface area contributed by atoms with Gasteiger partial charge in [-0.3, -0.25) is 0 Å². The van der Waals surface area contributed by atoms with Gasteiger partial charge in [-0.2, -0.15) is 0 Å². The first-order chi connectivity index (χ1) is 7.75. The molecule has 0 bridgehead atoms. The smallest absolute Gasteiger partial charge is 0.485 e. The summed E-state index contributed by atoms with van der Waals surface area (Å²) in [6, 6.07) is 5.27. The van der Waals surface area contributed by atoms with Gasteiger partial charge in [0.15, 0.2) is 0 Å². The highest BCUT2D eigenvalue weighted by Crippen LogP contribution is 2.40. The fourth-order valence-electron chi connectivity index (χ4n) is 2.22. The number of ether oxygens (including phenoxy) is 1. The first-order valence-corrected chi connectivity index (χ1v) is 5.27. The van der Waals surface area contributed by atoms with Gasteiger partial charge in [0, 0.05) is 11.5 Å². The zero-order chi connectivity index (χ0) is 11.1. The predicted octanol–water partition coefficient (Wildman–Crippen LogP) is 0.337. The quantitative estimate of drug-likeness (QED) is 0.662. The van der Waals surface area contributed by atoms with E-state index in [-0.39, 0.29) is 12.0 Å². The standard InChI is InChI=1S/C12H11BO3/c14-13(15)8-5-6-12-10(7-8)9-3-1-2-4-11(9)16-12/h1-7,9,11,14-15H. The predicted molar refractivity (Wildman–Crippen MR) is 61.7 cm³/mol. The molecule has 3 nitrogen and oxygen atoms in total. The van der Waals surface area contributed by atoms with Crippen LogP contribution < -0.4 is 10.2 Å². The van der Waals surface area contributed by atoms with Gasteiger partial charge in [0.25, 0.3) is 0 Å². The summed E-state index contributed by atoms with van der Waals surface area (Å²) in [4.78, 5) is 0. The van der Waals surface area contributed by atoms with E-state index in [1.807, 2.05) is 18.2 Å². The lowest BCUT2D eigenvalue weighted by Crippen LogP contribution is -2.29. The van der Waals surface area contributed by atoms with Crippen molar-refractivity contribution in [3.8, 4) is 5.75 Å². The Bertz CT molecular complexity index is 479. The average molecular weight is 214 g/mol. The van der Waals surface area contributed by atoms with Crippen LogP contribution in [-0.2, 0) is 0 Å². The molecular formula is C12H11BO3. The molecule has 0 fully saturated rings. The highest BCUT2D eigenvalue weighted by molar-refractivity contribution is 6.58. The third kappa shape index (κ3) is 1.38. The zero-order valence-corrected chi connectivity index (χ0v) is 8.58. The number of allylic oxidation sites excluding steroid dienone is 2. The lowest BCUT2D eigenvalue weighted by Gasteiger charge is -2.14. The number of rotatable bonds is 1. The van der Waals surface area contributed by atoms with E-state index in [0.29, 0.717) is 5.46 Å². The highest BCUT2D eigenvalue weighted by Gasteiger charge is 2.32. The largest absolute Gasteiger partial charge is 0.488 e. The zero-order valence-electron chi connectivity index (χ0n) is 8.58. The molecule has 0 saturated carbocycles. The third-order valence-electron chi connectivity index (χ3n) is 3.04. The van der Waals surface area contributed by atoms with Gasteiger partial charge in [-0.25, -0.2) is 0 Å². The summed E-state index contributed by atoms with van der Waals surface area (Å²) in [6.07, 6.45) is 8.09. The molecule has 2 atom stereocenters. The second-order valence-electron chi connectivity index (χ2n) is 4.05. The maximum atomic E-state index is 9.13. The molecular weight excluding hydrogens is 203 g/mol. The lowest BCUT2D eigenvalue weighted by molar-refractivity contribution is 0.269. The minimum absolute atomic E-state index is 0.0473. The van der Waals surface area contributed by atoms with Crippen molar-refractivity contribution in [3.05, 3.63) is 48.1 Å². The van der Waals surface area contributed by atoms with Crippen molar-refractivity contribution in [2.24, 2.45) is 0 Å². The summed E-state index contributed by atoms with van der Waals surface area (Å²) in [5.74, 6) is 1.02. The molecule has 1 aromatic rings. The Morgan fingerprint density at radius 1 is 1.12 bits per heavy atom. The van der Waals surface area contributed by atoms with Gasteiger partial charge < -0.3 is 14.8 Å². The number of benzene rings is 1. The molecule has 1 aromatic carbocycles. The Morgan fingerprint density at radius 2 is 1.94 bits per heavy atom. The van der Waals surface area contributed by atoms with Crippen molar-refractivity contribution in [2.45, 2.75) is 12.0 Å². The summed E-state index contributed by atoms with van der Waals surface area (Å²) < 4.78 is 5.74. The lowest BCUT2D eigenvalue weighted by atomic mass is 9.78. The van der Waals surface area contributed by atoms with E-state index in [1.165, 1.54) is 0 Å². The van der Waals surface area contributed by atoms with Gasteiger partial charge in [0.2, 0.25) is 0 Å². The molecule has 4 heteroatoms. The van der Waals surface area contributed by atoms with Crippen LogP contribution in [0.25, 0.3) is 0 Å². The van der Waals surface area contributed by atoms with Crippen molar-refractivity contribution in [1.82, 2.24) is 0 Å². The summed E-state index contributed by atoms with van der Waals surface area (Å²) in [6.45, 7) is 0. The first-order valence-electron chi connectivity index (χ1n) is 5.27. The van der Waals surface area contributed by atoms with Crippen LogP contribution in [0.5, 0.6) is 5.75 Å². The fourth-order valence-corrected chi connectivity index (χ4v) is 2.22. The molecule has 0 amide bonds. The molecule has 1 heterocycles. The van der Waals surface area contributed by atoms with Gasteiger partial charge >= 0.3 is 7.12 Å². The van der Waals surface area contributed by atoms with Crippen molar-refractivity contribution in [3.63, 3.8) is 0 Å². The monoisotopic (exact) mass is 214 g/mol. The molecule has 2 N–H and O–H groups in total. The Balaban J connectivity index is 2.05. The third-order valence-corrected chi connectivity index (χ3v) is 3.04. The maximum absolute atomic E-state index is 9.13. The number of hydrogen-bond donors (Lipinski definition) is 2. The molecule has 1 aliphatic carbocycles. The second-order valence-corrected chi connectivity index (χ2v) is 4.05. The van der Waals surface area contributed by atoms with Gasteiger partial charge in [-0.1, -0.05) is 30.4 Å². The topological polar surface area (TPSA) is 49.7 Å². The maximum Gasteiger partial charge on any atom is 0.488 e. The van der Waals surface area contributed by atoms with Gasteiger partial charge in [0.05, 0.1) is 0 Å². The van der Waals surface area contributed by atoms with E-state index in [0.717, 1.165) is 11.3 Å². The van der Waals surface area contributed by atoms with Gasteiger partial charge in [0.1, 0.15) is 11.9 Å². The molecule has 3 rings (SSSR count). The summed E-state index contributed by atoms with van der Waals surface area (Å²) in [5.41, 5.74) is 1.53. The molecule has 2 unspecified atom stereocenters. The minimum Gasteiger partial charge on any atom is -0.485 e. The van der Waals surface area contributed by atoms with Crippen LogP contribution in [0.3, 0.4) is 0 Å². The molecule has 0 saturated heterocycles. The van der Waals surface area contributed by atoms with Crippen LogP contribution in [0.15, 0.2) is 42.5 Å². The van der Waals surface area contributed by atoms with Crippen molar-refractivity contribution < 1.29 is 14.8 Å². The van der Waals surface area contributed by atoms with Crippen LogP contribution in [0, 0.1) is 0 Å². The first kappa shape index (κ1) is 9.69. The Labute approximate surface area is 93.8 Å². The molecule has 0 radical (unpaired) electrons. The van der Waals surface area contributed by atoms with E-state index in [9.17, 15) is 0 Å². The van der Waals surface area contributed by atoms with Crippen molar-refractivity contribution in [1.29, 1.82) is 0 Å². The molecule has 2 aliphatic rings. The fraction of sp³-hybridized carbons (Fsp3) is 0.167. The van der Waals surface area contributed by atoms with E-state index in [1.54, 1.807) is 18.2 Å². The SMILES string of the molecule is OB(O)c1ccc2c(c1)C1C=CC=CC1O2. The van der Waals surface area contributed by atoms with Crippen LogP contribution in [0.1, 0.15) is 11.5 Å². The minimum atomic E-state index is -1.42. The summed E-state index contributed by atoms with van der Waals surface area (Å²) in [5, 5.41) is 18.3. The number of fused-ring (bicyclic) bond motifs is 3. The summed E-state index contributed by atoms with van der Waals surface area (Å²) >= 11 is 0. The van der Waals surface area contributed by atoms with Crippen LogP contribution in [-0.4, -0.2) is 23.3 Å². The van der Waals surface area contributed by atoms with Crippen molar-refractivity contribution >= 4 is 12.6 Å². The van der Waals surface area contributed by atoms with E-state index < -0.39 is 7.12 Å². The van der Waals surface area contributed by atoms with Gasteiger partial charge in [-0.15, -0.1) is 0 Å². The Morgan fingerprint density at radius 3 is 2.75 bits per heavy atom. The second kappa shape index (κ2) is 3.51. The summed E-state index contributed by atoms with van der Waals surface area (Å²) in [7, 11) is -1.42. The molecule has 16 heavy (non-hydrogen) atoms. The molecule has 1 aliphatic heterocycles. The Kier molecular flexibility index (Phi) is 2.12. The van der Waals surface area contributed by atoms with Crippen LogP contribution in [0.2, 0.25) is 0 Å². The average Bonchev–Trinajstić information content (AvgIpc) is 2.66. The van der Waals surface area contributed by atoms with E-state index in [4.69, 9.17) is 14.8 Å². The van der Waals surface area contributed by atoms with Gasteiger partial charge in [-0.05, 0) is 17.6 Å².